The third-order valence-corrected chi connectivity index (χ3v) is 4.00. The van der Waals surface area contributed by atoms with Gasteiger partial charge in [0, 0.05) is 5.56 Å². The number of carbonyl (C=O) groups is 2. The van der Waals surface area contributed by atoms with E-state index >= 15 is 0 Å². The lowest BCUT2D eigenvalue weighted by atomic mass is 9.86. The van der Waals surface area contributed by atoms with Crippen molar-refractivity contribution in [3.63, 3.8) is 0 Å². The molecule has 1 unspecified atom stereocenters. The van der Waals surface area contributed by atoms with Crippen molar-refractivity contribution in [2.75, 3.05) is 6.61 Å². The van der Waals surface area contributed by atoms with Crippen LogP contribution in [0.25, 0.3) is 6.08 Å². The minimum atomic E-state index is -2.31. The zero-order valence-electron chi connectivity index (χ0n) is 13.2. The minimum absolute atomic E-state index is 0.138. The first-order valence-electron chi connectivity index (χ1n) is 7.43. The number of benzene rings is 2. The van der Waals surface area contributed by atoms with E-state index in [9.17, 15) is 35.1 Å². The lowest BCUT2D eigenvalue weighted by Gasteiger charge is -2.19. The molecule has 8 heteroatoms. The number of ketones is 1. The molecule has 0 aliphatic carbocycles. The number of hydrogen-bond donors (Lipinski definition) is 5. The van der Waals surface area contributed by atoms with E-state index in [1.807, 2.05) is 0 Å². The van der Waals surface area contributed by atoms with Gasteiger partial charge in [0.25, 0.3) is 0 Å². The summed E-state index contributed by atoms with van der Waals surface area (Å²) in [5.41, 5.74) is -2.57. The molecular formula is C18H14O8. The summed E-state index contributed by atoms with van der Waals surface area (Å²) in [6, 6.07) is 6.91. The number of cyclic esters (lactones) is 1. The van der Waals surface area contributed by atoms with Gasteiger partial charge in [0.1, 0.15) is 6.61 Å². The van der Waals surface area contributed by atoms with E-state index in [1.165, 1.54) is 18.2 Å². The van der Waals surface area contributed by atoms with Crippen LogP contribution in [0.1, 0.15) is 15.9 Å². The highest BCUT2D eigenvalue weighted by Gasteiger charge is 2.50. The van der Waals surface area contributed by atoms with E-state index in [2.05, 4.69) is 0 Å². The fourth-order valence-corrected chi connectivity index (χ4v) is 2.56. The molecule has 2 aromatic rings. The normalized spacial score (nSPS) is 21.0. The molecule has 0 saturated carbocycles. The first kappa shape index (κ1) is 17.3. The van der Waals surface area contributed by atoms with Crippen LogP contribution in [0.3, 0.4) is 0 Å². The van der Waals surface area contributed by atoms with Gasteiger partial charge in [-0.2, -0.15) is 0 Å². The maximum Gasteiger partial charge on any atom is 0.337 e. The fraction of sp³-hybridized carbons (Fsp3) is 0.111. The average Bonchev–Trinajstić information content (AvgIpc) is 2.89. The van der Waals surface area contributed by atoms with Gasteiger partial charge in [0.2, 0.25) is 5.78 Å². The standard InChI is InChI=1S/C18H14O8/c19-12-3-1-9(6-14(12)21)5-11-17(24)26-8-18(11,25)16(23)10-2-4-13(20)15(22)7-10/h1-7,19-22,25H,8H2. The molecule has 0 bridgehead atoms. The number of aromatic hydroxyl groups is 4. The van der Waals surface area contributed by atoms with E-state index < -0.39 is 41.2 Å². The molecule has 0 amide bonds. The van der Waals surface area contributed by atoms with Gasteiger partial charge in [-0.05, 0) is 42.0 Å². The summed E-state index contributed by atoms with van der Waals surface area (Å²) >= 11 is 0. The molecule has 1 aliphatic rings. The quantitative estimate of drug-likeness (QED) is 0.237. The lowest BCUT2D eigenvalue weighted by molar-refractivity contribution is -0.135. The highest BCUT2D eigenvalue weighted by atomic mass is 16.6. The van der Waals surface area contributed by atoms with Gasteiger partial charge in [0.05, 0.1) is 5.57 Å². The molecule has 2 aromatic carbocycles. The Balaban J connectivity index is 2.04. The molecule has 8 nitrogen and oxygen atoms in total. The Morgan fingerprint density at radius 1 is 0.962 bits per heavy atom. The average molecular weight is 358 g/mol. The zero-order valence-corrected chi connectivity index (χ0v) is 13.2. The SMILES string of the molecule is O=C1OCC(O)(C(=O)c2ccc(O)c(O)c2)C1=Cc1ccc(O)c(O)c1. The molecule has 1 atom stereocenters. The smallest absolute Gasteiger partial charge is 0.337 e. The van der Waals surface area contributed by atoms with Crippen LogP contribution in [0.15, 0.2) is 42.0 Å². The van der Waals surface area contributed by atoms with Crippen LogP contribution >= 0.6 is 0 Å². The summed E-state index contributed by atoms with van der Waals surface area (Å²) in [7, 11) is 0. The molecule has 1 fully saturated rings. The van der Waals surface area contributed by atoms with E-state index in [0.717, 1.165) is 24.3 Å². The number of esters is 1. The van der Waals surface area contributed by atoms with Gasteiger partial charge in [0.15, 0.2) is 28.6 Å². The number of ether oxygens (including phenoxy) is 1. The van der Waals surface area contributed by atoms with Crippen LogP contribution in [0.4, 0.5) is 0 Å². The Bertz CT molecular complexity index is 946. The Hall–Kier alpha value is -3.52. The van der Waals surface area contributed by atoms with Gasteiger partial charge in [-0.3, -0.25) is 4.79 Å². The van der Waals surface area contributed by atoms with Crippen molar-refractivity contribution in [2.24, 2.45) is 0 Å². The summed E-state index contributed by atoms with van der Waals surface area (Å²) in [4.78, 5) is 24.7. The first-order chi connectivity index (χ1) is 12.2. The molecule has 1 heterocycles. The molecule has 3 rings (SSSR count). The van der Waals surface area contributed by atoms with Crippen molar-refractivity contribution in [3.05, 3.63) is 53.1 Å². The van der Waals surface area contributed by atoms with E-state index in [4.69, 9.17) is 4.74 Å². The second-order valence-corrected chi connectivity index (χ2v) is 5.78. The number of phenols is 4. The molecule has 26 heavy (non-hydrogen) atoms. The third kappa shape index (κ3) is 2.82. The largest absolute Gasteiger partial charge is 0.504 e. The summed E-state index contributed by atoms with van der Waals surface area (Å²) in [5, 5.41) is 48.5. The van der Waals surface area contributed by atoms with Crippen LogP contribution < -0.4 is 0 Å². The number of hydrogen-bond acceptors (Lipinski definition) is 8. The number of rotatable bonds is 3. The van der Waals surface area contributed by atoms with Crippen molar-refractivity contribution >= 4 is 17.8 Å². The van der Waals surface area contributed by atoms with Crippen LogP contribution in [0.2, 0.25) is 0 Å². The zero-order chi connectivity index (χ0) is 19.1. The van der Waals surface area contributed by atoms with Gasteiger partial charge in [-0.25, -0.2) is 4.79 Å². The summed E-state index contributed by atoms with van der Waals surface area (Å²) in [6.45, 7) is -0.623. The Morgan fingerprint density at radius 2 is 1.58 bits per heavy atom. The summed E-state index contributed by atoms with van der Waals surface area (Å²) in [5.74, 6) is -3.64. The predicted molar refractivity (Wildman–Crippen MR) is 87.8 cm³/mol. The number of phenolic OH excluding ortho intramolecular Hbond substituents is 4. The maximum absolute atomic E-state index is 12.7. The summed E-state index contributed by atoms with van der Waals surface area (Å²) < 4.78 is 4.80. The number of carbonyl (C=O) groups excluding carboxylic acids is 2. The molecule has 0 spiro atoms. The second-order valence-electron chi connectivity index (χ2n) is 5.78. The summed E-state index contributed by atoms with van der Waals surface area (Å²) in [6.07, 6.45) is 1.16. The molecule has 5 N–H and O–H groups in total. The molecule has 1 saturated heterocycles. The minimum Gasteiger partial charge on any atom is -0.504 e. The van der Waals surface area contributed by atoms with Gasteiger partial charge in [-0.1, -0.05) is 6.07 Å². The molecular weight excluding hydrogens is 344 g/mol. The van der Waals surface area contributed by atoms with Crippen LogP contribution in [0, 0.1) is 0 Å². The van der Waals surface area contributed by atoms with E-state index in [-0.39, 0.29) is 22.4 Å². The van der Waals surface area contributed by atoms with Crippen molar-refractivity contribution in [1.29, 1.82) is 0 Å². The second kappa shape index (κ2) is 6.08. The van der Waals surface area contributed by atoms with Gasteiger partial charge < -0.3 is 30.3 Å². The maximum atomic E-state index is 12.7. The van der Waals surface area contributed by atoms with E-state index in [1.54, 1.807) is 0 Å². The third-order valence-electron chi connectivity index (χ3n) is 4.00. The fourth-order valence-electron chi connectivity index (χ4n) is 2.56. The van der Waals surface area contributed by atoms with Crippen molar-refractivity contribution in [1.82, 2.24) is 0 Å². The Labute approximate surface area is 146 Å². The van der Waals surface area contributed by atoms with Gasteiger partial charge >= 0.3 is 5.97 Å². The van der Waals surface area contributed by atoms with Crippen LogP contribution in [0.5, 0.6) is 23.0 Å². The van der Waals surface area contributed by atoms with E-state index in [0.29, 0.717) is 0 Å². The van der Waals surface area contributed by atoms with Crippen LogP contribution in [-0.4, -0.2) is 49.5 Å². The highest BCUT2D eigenvalue weighted by molar-refractivity contribution is 6.14. The van der Waals surface area contributed by atoms with Crippen LogP contribution in [-0.2, 0) is 9.53 Å². The lowest BCUT2D eigenvalue weighted by Crippen LogP contribution is -2.41. The molecule has 0 radical (unpaired) electrons. The molecule has 1 aliphatic heterocycles. The van der Waals surface area contributed by atoms with Crippen molar-refractivity contribution in [2.45, 2.75) is 5.60 Å². The van der Waals surface area contributed by atoms with Gasteiger partial charge in [-0.15, -0.1) is 0 Å². The predicted octanol–water partition coefficient (Wildman–Crippen LogP) is 1.06. The Morgan fingerprint density at radius 3 is 2.19 bits per heavy atom. The highest BCUT2D eigenvalue weighted by Crippen LogP contribution is 2.35. The topological polar surface area (TPSA) is 145 Å². The first-order valence-corrected chi connectivity index (χ1v) is 7.43. The molecule has 0 aromatic heterocycles. The van der Waals surface area contributed by atoms with Crippen molar-refractivity contribution in [3.8, 4) is 23.0 Å². The van der Waals surface area contributed by atoms with Crippen molar-refractivity contribution < 1.29 is 39.9 Å². The monoisotopic (exact) mass is 358 g/mol. The molecule has 134 valence electrons. The Kier molecular flexibility index (Phi) is 4.05. The number of aliphatic hydroxyl groups is 1. The number of Topliss-reactive ketones (excluding diaryl/α,β-unsaturated/α-hetero) is 1.